The van der Waals surface area contributed by atoms with Crippen molar-refractivity contribution >= 4 is 15.6 Å². The van der Waals surface area contributed by atoms with Gasteiger partial charge < -0.3 is 10.1 Å². The maximum Gasteiger partial charge on any atom is 0.213 e. The van der Waals surface area contributed by atoms with Crippen molar-refractivity contribution in [2.45, 2.75) is 30.3 Å². The summed E-state index contributed by atoms with van der Waals surface area (Å²) in [6.07, 6.45) is 2.63. The van der Waals surface area contributed by atoms with E-state index in [-0.39, 0.29) is 10.7 Å². The van der Waals surface area contributed by atoms with Crippen LogP contribution in [0, 0.1) is 6.92 Å². The van der Waals surface area contributed by atoms with Crippen LogP contribution in [0.4, 0.5) is 0 Å². The number of nitrogens with zero attached hydrogens (tertiary/aromatic N) is 2. The van der Waals surface area contributed by atoms with Crippen molar-refractivity contribution in [2.75, 3.05) is 19.3 Å². The molecule has 2 aromatic carbocycles. The molecular weight excluding hydrogens is 426 g/mol. The fraction of sp³-hybridized carbons (Fsp3) is 0.333. The molecule has 32 heavy (non-hydrogen) atoms. The topological polar surface area (TPSA) is 90.3 Å². The van der Waals surface area contributed by atoms with E-state index in [1.165, 1.54) is 12.3 Å². The number of para-hydroxylation sites is 1. The van der Waals surface area contributed by atoms with Crippen LogP contribution in [0.15, 0.2) is 47.4 Å². The molecule has 0 aliphatic carbocycles. The standard InChI is InChI=1S/C24H25N3O4S/c1-15-14-16(8-9-19(15)32(3,29)30)23(28)21-20-22(27(2)26-21)17-6-4-5-7-18(17)31-24(20)10-12-25-13-11-24/h4-9,14,25H,10-13H2,1-3H3. The zero-order chi connectivity index (χ0) is 22.7. The maximum absolute atomic E-state index is 13.7. The molecule has 3 heterocycles. The zero-order valence-electron chi connectivity index (χ0n) is 18.3. The molecule has 1 aromatic heterocycles. The number of aryl methyl sites for hydroxylation is 2. The maximum atomic E-state index is 13.7. The molecule has 0 amide bonds. The van der Waals surface area contributed by atoms with Gasteiger partial charge in [-0.2, -0.15) is 5.10 Å². The van der Waals surface area contributed by atoms with Gasteiger partial charge >= 0.3 is 0 Å². The lowest BCUT2D eigenvalue weighted by Crippen LogP contribution is -2.46. The molecular formula is C24H25N3O4S. The lowest BCUT2D eigenvalue weighted by molar-refractivity contribution is 0.0298. The van der Waals surface area contributed by atoms with Crippen LogP contribution in [0.3, 0.4) is 0 Å². The van der Waals surface area contributed by atoms with Crippen molar-refractivity contribution in [1.82, 2.24) is 15.1 Å². The van der Waals surface area contributed by atoms with E-state index in [0.717, 1.165) is 48.5 Å². The number of carbonyl (C=O) groups excluding carboxylic acids is 1. The van der Waals surface area contributed by atoms with Crippen LogP contribution in [0.5, 0.6) is 5.75 Å². The molecule has 0 atom stereocenters. The van der Waals surface area contributed by atoms with Gasteiger partial charge in [0.05, 0.1) is 16.2 Å². The Hall–Kier alpha value is -2.97. The minimum Gasteiger partial charge on any atom is -0.482 e. The smallest absolute Gasteiger partial charge is 0.213 e. The van der Waals surface area contributed by atoms with Crippen LogP contribution in [0.1, 0.15) is 40.0 Å². The Morgan fingerprint density at radius 3 is 2.56 bits per heavy atom. The number of carbonyl (C=O) groups is 1. The first kappa shape index (κ1) is 20.9. The highest BCUT2D eigenvalue weighted by Crippen LogP contribution is 2.50. The summed E-state index contributed by atoms with van der Waals surface area (Å²) in [6, 6.07) is 12.6. The highest BCUT2D eigenvalue weighted by atomic mass is 32.2. The van der Waals surface area contributed by atoms with E-state index in [1.54, 1.807) is 23.7 Å². The van der Waals surface area contributed by atoms with Gasteiger partial charge in [-0.1, -0.05) is 12.1 Å². The average molecular weight is 452 g/mol. The number of sulfone groups is 1. The predicted molar refractivity (Wildman–Crippen MR) is 121 cm³/mol. The van der Waals surface area contributed by atoms with E-state index in [9.17, 15) is 13.2 Å². The monoisotopic (exact) mass is 451 g/mol. The van der Waals surface area contributed by atoms with Crippen LogP contribution in [-0.4, -0.2) is 43.3 Å². The van der Waals surface area contributed by atoms with Crippen molar-refractivity contribution in [3.8, 4) is 17.0 Å². The molecule has 3 aromatic rings. The minimum atomic E-state index is -3.36. The highest BCUT2D eigenvalue weighted by molar-refractivity contribution is 7.90. The summed E-state index contributed by atoms with van der Waals surface area (Å²) in [7, 11) is -1.51. The molecule has 8 heteroatoms. The van der Waals surface area contributed by atoms with Crippen LogP contribution >= 0.6 is 0 Å². The van der Waals surface area contributed by atoms with Crippen LogP contribution in [0.25, 0.3) is 11.3 Å². The first-order valence-electron chi connectivity index (χ1n) is 10.6. The van der Waals surface area contributed by atoms with Crippen molar-refractivity contribution < 1.29 is 17.9 Å². The number of aromatic nitrogens is 2. The molecule has 2 aliphatic heterocycles. The number of rotatable bonds is 3. The van der Waals surface area contributed by atoms with Gasteiger partial charge in [-0.3, -0.25) is 9.48 Å². The number of hydrogen-bond donors (Lipinski definition) is 1. The van der Waals surface area contributed by atoms with E-state index in [0.29, 0.717) is 16.8 Å². The quantitative estimate of drug-likeness (QED) is 0.616. The van der Waals surface area contributed by atoms with Gasteiger partial charge in [0.2, 0.25) is 5.78 Å². The first-order chi connectivity index (χ1) is 15.2. The summed E-state index contributed by atoms with van der Waals surface area (Å²) in [6.45, 7) is 3.27. The Labute approximate surface area is 187 Å². The number of benzene rings is 2. The third-order valence-electron chi connectivity index (χ3n) is 6.41. The molecule has 1 N–H and O–H groups in total. The van der Waals surface area contributed by atoms with Crippen LogP contribution in [0.2, 0.25) is 0 Å². The Kier molecular flexibility index (Phi) is 4.76. The summed E-state index contributed by atoms with van der Waals surface area (Å²) in [4.78, 5) is 13.9. The first-order valence-corrected chi connectivity index (χ1v) is 12.5. The lowest BCUT2D eigenvalue weighted by Gasteiger charge is -2.42. The molecule has 2 aliphatic rings. The molecule has 7 nitrogen and oxygen atoms in total. The normalized spacial score (nSPS) is 16.8. The van der Waals surface area contributed by atoms with E-state index < -0.39 is 15.4 Å². The highest BCUT2D eigenvalue weighted by Gasteiger charge is 2.47. The van der Waals surface area contributed by atoms with Gasteiger partial charge in [-0.25, -0.2) is 8.42 Å². The number of hydrogen-bond acceptors (Lipinski definition) is 6. The molecule has 166 valence electrons. The molecule has 0 unspecified atom stereocenters. The Bertz CT molecular complexity index is 1350. The van der Waals surface area contributed by atoms with Crippen molar-refractivity contribution in [3.05, 3.63) is 64.8 Å². The Morgan fingerprint density at radius 2 is 1.88 bits per heavy atom. The third kappa shape index (κ3) is 3.17. The summed E-state index contributed by atoms with van der Waals surface area (Å²) >= 11 is 0. The molecule has 1 spiro atoms. The lowest BCUT2D eigenvalue weighted by atomic mass is 9.79. The molecule has 0 radical (unpaired) electrons. The number of piperidine rings is 1. The number of ketones is 1. The van der Waals surface area contributed by atoms with Gasteiger partial charge in [-0.05, 0) is 55.9 Å². The molecule has 1 saturated heterocycles. The van der Waals surface area contributed by atoms with Gasteiger partial charge in [0.15, 0.2) is 9.84 Å². The van der Waals surface area contributed by atoms with Crippen molar-refractivity contribution in [1.29, 1.82) is 0 Å². The second-order valence-corrected chi connectivity index (χ2v) is 10.6. The molecule has 0 bridgehead atoms. The summed E-state index contributed by atoms with van der Waals surface area (Å²) in [5.41, 5.74) is 3.35. The van der Waals surface area contributed by atoms with E-state index in [2.05, 4.69) is 10.4 Å². The minimum absolute atomic E-state index is 0.226. The fourth-order valence-electron chi connectivity index (χ4n) is 4.96. The van der Waals surface area contributed by atoms with Gasteiger partial charge in [0.1, 0.15) is 17.0 Å². The van der Waals surface area contributed by atoms with Crippen LogP contribution in [-0.2, 0) is 22.5 Å². The van der Waals surface area contributed by atoms with E-state index in [1.807, 2.05) is 31.3 Å². The Balaban J connectivity index is 1.69. The fourth-order valence-corrected chi connectivity index (χ4v) is 5.92. The number of ether oxygens (including phenoxy) is 1. The number of fused-ring (bicyclic) bond motifs is 4. The molecule has 5 rings (SSSR count). The number of nitrogens with one attached hydrogen (secondary N) is 1. The summed E-state index contributed by atoms with van der Waals surface area (Å²) < 4.78 is 32.4. The third-order valence-corrected chi connectivity index (χ3v) is 7.67. The summed E-state index contributed by atoms with van der Waals surface area (Å²) in [5, 5.41) is 8.04. The van der Waals surface area contributed by atoms with Gasteiger partial charge in [0, 0.05) is 37.3 Å². The Morgan fingerprint density at radius 1 is 1.16 bits per heavy atom. The van der Waals surface area contributed by atoms with Crippen LogP contribution < -0.4 is 10.1 Å². The molecule has 0 saturated carbocycles. The average Bonchev–Trinajstić information content (AvgIpc) is 3.11. The molecule has 1 fully saturated rings. The van der Waals surface area contributed by atoms with E-state index in [4.69, 9.17) is 4.74 Å². The van der Waals surface area contributed by atoms with Crippen molar-refractivity contribution in [3.63, 3.8) is 0 Å². The van der Waals surface area contributed by atoms with Gasteiger partial charge in [-0.15, -0.1) is 0 Å². The largest absolute Gasteiger partial charge is 0.482 e. The second-order valence-electron chi connectivity index (χ2n) is 8.62. The summed E-state index contributed by atoms with van der Waals surface area (Å²) in [5.74, 6) is 0.572. The second kappa shape index (κ2) is 7.28. The zero-order valence-corrected chi connectivity index (χ0v) is 19.1. The predicted octanol–water partition coefficient (Wildman–Crippen LogP) is 3.00. The van der Waals surface area contributed by atoms with Gasteiger partial charge in [0.25, 0.3) is 0 Å². The van der Waals surface area contributed by atoms with E-state index >= 15 is 0 Å². The van der Waals surface area contributed by atoms with Crippen molar-refractivity contribution in [2.24, 2.45) is 7.05 Å². The SMILES string of the molecule is Cc1cc(C(=O)c2nn(C)c3c2C2(CCNCC2)Oc2ccccc2-3)ccc1S(C)(=O)=O.